The SMILES string of the molecule is CP(=O)(OC(CC[Si](O)(O)O)[Si](O)(O)O)OC(CC[Si](O)(O)O)[Si](O)(O)O.[NaH]. The Morgan fingerprint density at radius 3 is 1.11 bits per heavy atom. The van der Waals surface area contributed by atoms with Crippen LogP contribution in [0.1, 0.15) is 12.8 Å². The monoisotopic (exact) mass is 516 g/mol. The van der Waals surface area contributed by atoms with Crippen LogP contribution in [0, 0.1) is 0 Å². The maximum absolute atomic E-state index is 12.4. The zero-order valence-corrected chi connectivity index (χ0v) is 18.9. The third-order valence-corrected chi connectivity index (χ3v) is 9.12. The van der Waals surface area contributed by atoms with Gasteiger partial charge in [-0.3, -0.25) is 4.57 Å². The third-order valence-electron chi connectivity index (χ3n) is 2.99. The molecule has 2 atom stereocenters. The normalized spacial score (nSPS) is 18.2. The fourth-order valence-corrected chi connectivity index (χ4v) is 8.18. The van der Waals surface area contributed by atoms with E-state index in [1.165, 1.54) is 0 Å². The zero-order chi connectivity index (χ0) is 21.9. The van der Waals surface area contributed by atoms with Crippen LogP contribution in [-0.4, -0.2) is 140 Å². The van der Waals surface area contributed by atoms with Crippen LogP contribution in [0.25, 0.3) is 0 Å². The Labute approximate surface area is 186 Å². The van der Waals surface area contributed by atoms with E-state index >= 15 is 0 Å². The van der Waals surface area contributed by atoms with E-state index < -0.39 is 79.2 Å². The van der Waals surface area contributed by atoms with Crippen LogP contribution < -0.4 is 0 Å². The van der Waals surface area contributed by atoms with Gasteiger partial charge < -0.3 is 66.6 Å². The molecule has 166 valence electrons. The van der Waals surface area contributed by atoms with Crippen LogP contribution in [0.3, 0.4) is 0 Å². The molecule has 0 aliphatic heterocycles. The van der Waals surface area contributed by atoms with E-state index in [0.29, 0.717) is 6.66 Å². The van der Waals surface area contributed by atoms with Gasteiger partial charge >= 0.3 is 72.4 Å². The van der Waals surface area contributed by atoms with Gasteiger partial charge in [0.15, 0.2) is 0 Å². The first-order valence-corrected chi connectivity index (χ1v) is 17.2. The van der Waals surface area contributed by atoms with Gasteiger partial charge in [-0.15, -0.1) is 0 Å². The topological polar surface area (TPSA) is 278 Å². The van der Waals surface area contributed by atoms with Gasteiger partial charge in [-0.25, -0.2) is 0 Å². The molecule has 0 bridgehead atoms. The molecule has 0 fully saturated rings. The summed E-state index contributed by atoms with van der Waals surface area (Å²) in [6, 6.07) is -1.69. The summed E-state index contributed by atoms with van der Waals surface area (Å²) in [4.78, 5) is 110. The van der Waals surface area contributed by atoms with Crippen molar-refractivity contribution in [1.29, 1.82) is 0 Å². The Morgan fingerprint density at radius 2 is 0.929 bits per heavy atom. The van der Waals surface area contributed by atoms with Crippen LogP contribution in [0.2, 0.25) is 12.1 Å². The molecule has 0 aliphatic carbocycles. The molecule has 21 heteroatoms. The van der Waals surface area contributed by atoms with E-state index in [4.69, 9.17) is 37.8 Å². The molecular weight excluding hydrogens is 490 g/mol. The van der Waals surface area contributed by atoms with Crippen LogP contribution in [0.5, 0.6) is 0 Å². The molecule has 0 aliphatic rings. The molecule has 0 aromatic rings. The van der Waals surface area contributed by atoms with E-state index in [1.54, 1.807) is 0 Å². The second kappa shape index (κ2) is 11.4. The minimum atomic E-state index is -5.22. The van der Waals surface area contributed by atoms with Gasteiger partial charge in [-0.05, 0) is 12.8 Å². The van der Waals surface area contributed by atoms with Gasteiger partial charge in [0.25, 0.3) is 0 Å². The molecule has 0 aromatic heterocycles. The van der Waals surface area contributed by atoms with Crippen molar-refractivity contribution in [2.75, 3.05) is 6.66 Å². The third kappa shape index (κ3) is 15.4. The first-order valence-electron chi connectivity index (χ1n) is 7.25. The molecule has 28 heavy (non-hydrogen) atoms. The molecule has 0 saturated heterocycles. The molecule has 0 heterocycles. The Bertz CT molecular complexity index is 470. The van der Waals surface area contributed by atoms with E-state index in [-0.39, 0.29) is 29.6 Å². The fourth-order valence-electron chi connectivity index (χ4n) is 1.77. The van der Waals surface area contributed by atoms with Gasteiger partial charge in [0, 0.05) is 18.8 Å². The summed E-state index contributed by atoms with van der Waals surface area (Å²) in [6.07, 6.45) is -1.56. The van der Waals surface area contributed by atoms with Crippen LogP contribution >= 0.6 is 7.60 Å². The summed E-state index contributed by atoms with van der Waals surface area (Å²) in [5, 5.41) is 0. The molecule has 0 rings (SSSR count). The first-order chi connectivity index (χ1) is 11.6. The van der Waals surface area contributed by atoms with Crippen molar-refractivity contribution in [3.05, 3.63) is 0 Å². The summed E-state index contributed by atoms with van der Waals surface area (Å²) in [6.45, 7) is 0.677. The molecule has 0 spiro atoms. The second-order valence-electron chi connectivity index (χ2n) is 5.96. The average molecular weight is 517 g/mol. The molecule has 2 unspecified atom stereocenters. The van der Waals surface area contributed by atoms with E-state index in [1.807, 2.05) is 0 Å². The first kappa shape index (κ1) is 31.7. The van der Waals surface area contributed by atoms with Gasteiger partial charge in [0.1, 0.15) is 11.5 Å². The van der Waals surface area contributed by atoms with Crippen molar-refractivity contribution >= 4 is 72.4 Å². The van der Waals surface area contributed by atoms with Crippen molar-refractivity contribution in [3.63, 3.8) is 0 Å². The minimum absolute atomic E-state index is 0. The molecular formula is C7H26NaO15PSi4. The predicted octanol–water partition coefficient (Wildman–Crippen LogP) is -6.55. The Kier molecular flexibility index (Phi) is 12.9. The number of rotatable bonds is 12. The Hall–Kier alpha value is 1.54. The van der Waals surface area contributed by atoms with E-state index in [0.717, 1.165) is 0 Å². The van der Waals surface area contributed by atoms with Crippen molar-refractivity contribution in [2.24, 2.45) is 0 Å². The predicted molar refractivity (Wildman–Crippen MR) is 98.9 cm³/mol. The summed E-state index contributed by atoms with van der Waals surface area (Å²) >= 11 is 0. The molecule has 0 radical (unpaired) electrons. The molecule has 12 N–H and O–H groups in total. The Morgan fingerprint density at radius 1 is 0.679 bits per heavy atom. The summed E-state index contributed by atoms with van der Waals surface area (Å²) < 4.78 is 21.8. The van der Waals surface area contributed by atoms with E-state index in [9.17, 15) is 33.3 Å². The van der Waals surface area contributed by atoms with Crippen molar-refractivity contribution in [2.45, 2.75) is 36.4 Å². The van der Waals surface area contributed by atoms with Gasteiger partial charge in [-0.1, -0.05) is 0 Å². The van der Waals surface area contributed by atoms with Gasteiger partial charge in [0.05, 0.1) is 0 Å². The second-order valence-corrected chi connectivity index (χ2v) is 16.1. The molecule has 15 nitrogen and oxygen atoms in total. The van der Waals surface area contributed by atoms with Crippen LogP contribution in [0.15, 0.2) is 0 Å². The van der Waals surface area contributed by atoms with Gasteiger partial charge in [-0.2, -0.15) is 0 Å². The Balaban J connectivity index is 0. The summed E-state index contributed by atoms with van der Waals surface area (Å²) in [7, 11) is -24.3. The van der Waals surface area contributed by atoms with Crippen LogP contribution in [-0.2, 0) is 13.6 Å². The van der Waals surface area contributed by atoms with Crippen LogP contribution in [0.4, 0.5) is 0 Å². The van der Waals surface area contributed by atoms with Gasteiger partial charge in [0.2, 0.25) is 0 Å². The van der Waals surface area contributed by atoms with Crippen molar-refractivity contribution in [1.82, 2.24) is 0 Å². The van der Waals surface area contributed by atoms with Crippen molar-refractivity contribution < 1.29 is 71.2 Å². The zero-order valence-electron chi connectivity index (χ0n) is 14.0. The van der Waals surface area contributed by atoms with Crippen molar-refractivity contribution in [3.8, 4) is 0 Å². The summed E-state index contributed by atoms with van der Waals surface area (Å²) in [5.41, 5.74) is -4.19. The fraction of sp³-hybridized carbons (Fsp3) is 1.00. The standard InChI is InChI=1S/C7H25O15PSi4.Na.H/c1-23(8,21-6(26(15,16)17)2-4-24(9,10)11)22-7(27(18,19)20)3-5-25(12,13)14;;/h6-7,9-20H,2-5H2,1H3;;. The summed E-state index contributed by atoms with van der Waals surface area (Å²) in [5.74, 6) is 0. The maximum atomic E-state index is 12.4. The quantitative estimate of drug-likeness (QED) is 0.0848. The number of hydrogen-bond acceptors (Lipinski definition) is 15. The molecule has 0 amide bonds. The molecule has 0 saturated carbocycles. The molecule has 0 aromatic carbocycles. The van der Waals surface area contributed by atoms with E-state index in [2.05, 4.69) is 0 Å². The average Bonchev–Trinajstić information content (AvgIpc) is 2.34. The number of hydrogen-bond donors (Lipinski definition) is 12.